The summed E-state index contributed by atoms with van der Waals surface area (Å²) in [6, 6.07) is 15.5. The van der Waals surface area contributed by atoms with Crippen molar-refractivity contribution in [3.63, 3.8) is 0 Å². The van der Waals surface area contributed by atoms with E-state index in [0.29, 0.717) is 28.4 Å². The van der Waals surface area contributed by atoms with E-state index in [-0.39, 0.29) is 11.5 Å². The molecule has 0 aliphatic carbocycles. The van der Waals surface area contributed by atoms with Gasteiger partial charge < -0.3 is 13.9 Å². The van der Waals surface area contributed by atoms with Gasteiger partial charge in [0.05, 0.1) is 11.1 Å². The summed E-state index contributed by atoms with van der Waals surface area (Å²) in [5, 5.41) is 0. The lowest BCUT2D eigenvalue weighted by molar-refractivity contribution is 0.0733. The first-order chi connectivity index (χ1) is 13.0. The molecular formula is C22H16O5. The van der Waals surface area contributed by atoms with Gasteiger partial charge in [0, 0.05) is 12.1 Å². The van der Waals surface area contributed by atoms with E-state index in [1.165, 1.54) is 6.07 Å². The minimum absolute atomic E-state index is 0.168. The summed E-state index contributed by atoms with van der Waals surface area (Å²) in [5.74, 6) is 1.41. The first kappa shape index (κ1) is 16.8. The molecule has 0 spiro atoms. The highest BCUT2D eigenvalue weighted by Gasteiger charge is 2.28. The zero-order chi connectivity index (χ0) is 19.0. The maximum absolute atomic E-state index is 12.5. The van der Waals surface area contributed by atoms with Crippen LogP contribution in [0.3, 0.4) is 0 Å². The highest BCUT2D eigenvalue weighted by atomic mass is 16.5. The summed E-state index contributed by atoms with van der Waals surface area (Å²) in [7, 11) is 0. The zero-order valence-corrected chi connectivity index (χ0v) is 14.8. The number of ketones is 1. The smallest absolute Gasteiger partial charge is 0.343 e. The highest BCUT2D eigenvalue weighted by molar-refractivity contribution is 6.14. The Kier molecular flexibility index (Phi) is 4.12. The van der Waals surface area contributed by atoms with Crippen molar-refractivity contribution in [3.8, 4) is 11.5 Å². The fourth-order valence-electron chi connectivity index (χ4n) is 2.85. The first-order valence-corrected chi connectivity index (χ1v) is 8.44. The quantitative estimate of drug-likeness (QED) is 0.384. The molecule has 1 aromatic heterocycles. The first-order valence-electron chi connectivity index (χ1n) is 8.44. The van der Waals surface area contributed by atoms with Crippen LogP contribution in [0.5, 0.6) is 11.5 Å². The minimum atomic E-state index is -0.459. The van der Waals surface area contributed by atoms with E-state index in [2.05, 4.69) is 0 Å². The van der Waals surface area contributed by atoms with Crippen molar-refractivity contribution in [1.29, 1.82) is 0 Å². The van der Waals surface area contributed by atoms with E-state index in [4.69, 9.17) is 13.9 Å². The summed E-state index contributed by atoms with van der Waals surface area (Å²) >= 11 is 0. The molecule has 1 aliphatic heterocycles. The summed E-state index contributed by atoms with van der Waals surface area (Å²) in [5.41, 5.74) is 1.73. The number of hydrogen-bond donors (Lipinski definition) is 0. The summed E-state index contributed by atoms with van der Waals surface area (Å²) in [6.45, 7) is 3.66. The van der Waals surface area contributed by atoms with E-state index in [1.807, 2.05) is 32.0 Å². The molecule has 27 heavy (non-hydrogen) atoms. The van der Waals surface area contributed by atoms with Crippen molar-refractivity contribution in [3.05, 3.63) is 88.6 Å². The van der Waals surface area contributed by atoms with Gasteiger partial charge in [0.1, 0.15) is 23.0 Å². The Morgan fingerprint density at radius 3 is 2.59 bits per heavy atom. The number of fused-ring (bicyclic) bond motifs is 1. The van der Waals surface area contributed by atoms with Crippen molar-refractivity contribution >= 4 is 17.8 Å². The number of hydrogen-bond acceptors (Lipinski definition) is 5. The SMILES string of the molecule is Cc1ccc(/C=C2/Oc3cc(OC(=O)c4ccccc4C)ccc3C2=O)o1. The summed E-state index contributed by atoms with van der Waals surface area (Å²) in [6.07, 6.45) is 1.55. The average molecular weight is 360 g/mol. The van der Waals surface area contributed by atoms with Crippen LogP contribution in [0.25, 0.3) is 6.08 Å². The Bertz CT molecular complexity index is 1090. The number of ether oxygens (including phenoxy) is 2. The fraction of sp³-hybridized carbons (Fsp3) is 0.0909. The van der Waals surface area contributed by atoms with Gasteiger partial charge in [0.15, 0.2) is 5.76 Å². The molecule has 5 heteroatoms. The second-order valence-electron chi connectivity index (χ2n) is 6.25. The summed E-state index contributed by atoms with van der Waals surface area (Å²) < 4.78 is 16.5. The Balaban J connectivity index is 1.57. The number of esters is 1. The normalized spacial score (nSPS) is 14.1. The van der Waals surface area contributed by atoms with Crippen LogP contribution in [-0.4, -0.2) is 11.8 Å². The number of Topliss-reactive ketones (excluding diaryl/α,β-unsaturated/α-hetero) is 1. The van der Waals surface area contributed by atoms with E-state index < -0.39 is 5.97 Å². The molecule has 0 saturated heterocycles. The standard InChI is InChI=1S/C22H16O5/c1-13-5-3-4-6-17(13)22(24)26-16-9-10-18-19(11-16)27-20(21(18)23)12-15-8-7-14(2)25-15/h3-12H,1-2H3/b20-12+. The summed E-state index contributed by atoms with van der Waals surface area (Å²) in [4.78, 5) is 24.8. The van der Waals surface area contributed by atoms with Crippen molar-refractivity contribution in [2.75, 3.05) is 0 Å². The molecule has 5 nitrogen and oxygen atoms in total. The van der Waals surface area contributed by atoms with Gasteiger partial charge in [-0.05, 0) is 49.7 Å². The molecule has 134 valence electrons. The van der Waals surface area contributed by atoms with Gasteiger partial charge in [-0.3, -0.25) is 4.79 Å². The van der Waals surface area contributed by atoms with E-state index in [9.17, 15) is 9.59 Å². The lowest BCUT2D eigenvalue weighted by Gasteiger charge is -2.07. The number of benzene rings is 2. The molecule has 0 radical (unpaired) electrons. The lowest BCUT2D eigenvalue weighted by Crippen LogP contribution is -2.10. The predicted molar refractivity (Wildman–Crippen MR) is 99.0 cm³/mol. The molecule has 2 heterocycles. The lowest BCUT2D eigenvalue weighted by atomic mass is 10.1. The van der Waals surface area contributed by atoms with Crippen molar-refractivity contribution in [1.82, 2.24) is 0 Å². The molecule has 0 saturated carbocycles. The van der Waals surface area contributed by atoms with E-state index >= 15 is 0 Å². The number of aryl methyl sites for hydroxylation is 2. The molecule has 4 rings (SSSR count). The second-order valence-corrected chi connectivity index (χ2v) is 6.25. The maximum atomic E-state index is 12.5. The number of allylic oxidation sites excluding steroid dienone is 1. The van der Waals surface area contributed by atoms with Crippen LogP contribution < -0.4 is 9.47 Å². The van der Waals surface area contributed by atoms with Crippen LogP contribution in [0.4, 0.5) is 0 Å². The average Bonchev–Trinajstić information content (AvgIpc) is 3.19. The largest absolute Gasteiger partial charge is 0.462 e. The van der Waals surface area contributed by atoms with Gasteiger partial charge in [-0.2, -0.15) is 0 Å². The molecule has 0 amide bonds. The molecule has 0 N–H and O–H groups in total. The van der Waals surface area contributed by atoms with Gasteiger partial charge in [0.2, 0.25) is 5.78 Å². The number of carbonyl (C=O) groups is 2. The van der Waals surface area contributed by atoms with Gasteiger partial charge in [-0.15, -0.1) is 0 Å². The third-order valence-electron chi connectivity index (χ3n) is 4.25. The van der Waals surface area contributed by atoms with Crippen LogP contribution >= 0.6 is 0 Å². The molecule has 0 fully saturated rings. The van der Waals surface area contributed by atoms with Crippen molar-refractivity contribution in [2.24, 2.45) is 0 Å². The Morgan fingerprint density at radius 2 is 1.85 bits per heavy atom. The fourth-order valence-corrected chi connectivity index (χ4v) is 2.85. The molecule has 0 unspecified atom stereocenters. The number of furan rings is 1. The van der Waals surface area contributed by atoms with E-state index in [1.54, 1.807) is 36.4 Å². The Labute approximate surface area is 155 Å². The van der Waals surface area contributed by atoms with Crippen LogP contribution in [0.1, 0.15) is 37.8 Å². The monoisotopic (exact) mass is 360 g/mol. The zero-order valence-electron chi connectivity index (χ0n) is 14.8. The van der Waals surface area contributed by atoms with Gasteiger partial charge in [-0.25, -0.2) is 4.79 Å². The van der Waals surface area contributed by atoms with Gasteiger partial charge >= 0.3 is 5.97 Å². The Morgan fingerprint density at radius 1 is 1.04 bits per heavy atom. The highest BCUT2D eigenvalue weighted by Crippen LogP contribution is 2.35. The van der Waals surface area contributed by atoms with Crippen molar-refractivity contribution < 1.29 is 23.5 Å². The van der Waals surface area contributed by atoms with Crippen molar-refractivity contribution in [2.45, 2.75) is 13.8 Å². The van der Waals surface area contributed by atoms with E-state index in [0.717, 1.165) is 11.3 Å². The second kappa shape index (κ2) is 6.61. The van der Waals surface area contributed by atoms with Crippen LogP contribution in [0.2, 0.25) is 0 Å². The third kappa shape index (κ3) is 3.27. The molecule has 1 aliphatic rings. The predicted octanol–water partition coefficient (Wildman–Crippen LogP) is 4.73. The molecule has 3 aromatic rings. The minimum Gasteiger partial charge on any atom is -0.462 e. The Hall–Kier alpha value is -3.60. The molecule has 2 aromatic carbocycles. The maximum Gasteiger partial charge on any atom is 0.343 e. The topological polar surface area (TPSA) is 65.7 Å². The number of rotatable bonds is 3. The van der Waals surface area contributed by atoms with Gasteiger partial charge in [-0.1, -0.05) is 18.2 Å². The van der Waals surface area contributed by atoms with Crippen LogP contribution in [0.15, 0.2) is 64.8 Å². The molecular weight excluding hydrogens is 344 g/mol. The molecule has 0 bridgehead atoms. The van der Waals surface area contributed by atoms with Gasteiger partial charge in [0.25, 0.3) is 0 Å². The van der Waals surface area contributed by atoms with Crippen LogP contribution in [-0.2, 0) is 0 Å². The third-order valence-corrected chi connectivity index (χ3v) is 4.25. The number of carbonyl (C=O) groups excluding carboxylic acids is 2. The van der Waals surface area contributed by atoms with Crippen LogP contribution in [0, 0.1) is 13.8 Å². The molecule has 0 atom stereocenters.